The first-order chi connectivity index (χ1) is 8.72. The van der Waals surface area contributed by atoms with Crippen LogP contribution in [0.3, 0.4) is 0 Å². The minimum Gasteiger partial charge on any atom is -0.493 e. The van der Waals surface area contributed by atoms with Crippen molar-refractivity contribution in [3.8, 4) is 11.5 Å². The average molecular weight is 270 g/mol. The minimum absolute atomic E-state index is 0.566. The summed E-state index contributed by atoms with van der Waals surface area (Å²) in [4.78, 5) is 0. The minimum atomic E-state index is 0.566. The van der Waals surface area contributed by atoms with Crippen LogP contribution in [0.5, 0.6) is 11.5 Å². The van der Waals surface area contributed by atoms with Crippen molar-refractivity contribution in [3.05, 3.63) is 35.4 Å². The van der Waals surface area contributed by atoms with E-state index in [9.17, 15) is 0 Å². The van der Waals surface area contributed by atoms with Crippen LogP contribution >= 0.6 is 11.6 Å². The summed E-state index contributed by atoms with van der Waals surface area (Å²) in [5.74, 6) is 1.26. The molecule has 4 heteroatoms. The lowest BCUT2D eigenvalue weighted by Gasteiger charge is -2.13. The van der Waals surface area contributed by atoms with Gasteiger partial charge < -0.3 is 15.2 Å². The van der Waals surface area contributed by atoms with E-state index in [1.165, 1.54) is 0 Å². The molecule has 0 atom stereocenters. The summed E-state index contributed by atoms with van der Waals surface area (Å²) in [6, 6.07) is 3.79. The summed E-state index contributed by atoms with van der Waals surface area (Å²) in [5, 5.41) is 0.566. The van der Waals surface area contributed by atoms with Crippen molar-refractivity contribution >= 4 is 11.6 Å². The second-order valence-corrected chi connectivity index (χ2v) is 4.33. The lowest BCUT2D eigenvalue weighted by atomic mass is 10.1. The van der Waals surface area contributed by atoms with Crippen LogP contribution < -0.4 is 15.2 Å². The van der Waals surface area contributed by atoms with E-state index >= 15 is 0 Å². The predicted octanol–water partition coefficient (Wildman–Crippen LogP) is 3.19. The first kappa shape index (κ1) is 14.9. The van der Waals surface area contributed by atoms with Gasteiger partial charge in [0.1, 0.15) is 0 Å². The summed E-state index contributed by atoms with van der Waals surface area (Å²) in [5.41, 5.74) is 6.58. The first-order valence-corrected chi connectivity index (χ1v) is 6.41. The molecule has 0 spiro atoms. The first-order valence-electron chi connectivity index (χ1n) is 6.03. The van der Waals surface area contributed by atoms with Crippen LogP contribution in [-0.2, 0) is 6.42 Å². The Balaban J connectivity index is 2.79. The monoisotopic (exact) mass is 269 g/mol. The number of hydrogen-bond acceptors (Lipinski definition) is 3. The number of nitrogens with two attached hydrogens (primary N) is 1. The number of unbranched alkanes of at least 4 members (excludes halogenated alkanes) is 1. The maximum atomic E-state index is 6.20. The Morgan fingerprint density at radius 3 is 2.83 bits per heavy atom. The van der Waals surface area contributed by atoms with Crippen LogP contribution in [0, 0.1) is 0 Å². The average Bonchev–Trinajstić information content (AvgIpc) is 2.36. The van der Waals surface area contributed by atoms with Gasteiger partial charge in [-0.3, -0.25) is 0 Å². The molecule has 0 saturated heterocycles. The number of allylic oxidation sites excluding steroid dienone is 1. The molecule has 1 rings (SSSR count). The maximum Gasteiger partial charge on any atom is 0.179 e. The van der Waals surface area contributed by atoms with E-state index in [4.69, 9.17) is 26.8 Å². The zero-order valence-corrected chi connectivity index (χ0v) is 11.5. The molecular weight excluding hydrogens is 250 g/mol. The molecule has 0 unspecified atom stereocenters. The SMILES string of the molecule is C=CCCCOc1c(Cl)cc(CCN)cc1OC. The Bertz CT molecular complexity index is 394. The van der Waals surface area contributed by atoms with Crippen molar-refractivity contribution < 1.29 is 9.47 Å². The normalized spacial score (nSPS) is 10.2. The van der Waals surface area contributed by atoms with Crippen molar-refractivity contribution in [2.45, 2.75) is 19.3 Å². The third-order valence-electron chi connectivity index (χ3n) is 2.52. The fourth-order valence-electron chi connectivity index (χ4n) is 1.63. The van der Waals surface area contributed by atoms with E-state index in [0.29, 0.717) is 29.7 Å². The molecule has 2 N–H and O–H groups in total. The molecule has 0 saturated carbocycles. The Labute approximate surface area is 114 Å². The van der Waals surface area contributed by atoms with Gasteiger partial charge in [-0.05, 0) is 43.5 Å². The zero-order chi connectivity index (χ0) is 13.4. The molecule has 0 aliphatic carbocycles. The third-order valence-corrected chi connectivity index (χ3v) is 2.80. The third kappa shape index (κ3) is 4.24. The van der Waals surface area contributed by atoms with Gasteiger partial charge in [0.25, 0.3) is 0 Å². The van der Waals surface area contributed by atoms with Gasteiger partial charge in [-0.1, -0.05) is 17.7 Å². The highest BCUT2D eigenvalue weighted by Gasteiger charge is 2.11. The molecular formula is C14H20ClNO2. The van der Waals surface area contributed by atoms with Gasteiger partial charge in [-0.15, -0.1) is 6.58 Å². The van der Waals surface area contributed by atoms with Gasteiger partial charge >= 0.3 is 0 Å². The number of hydrogen-bond donors (Lipinski definition) is 1. The summed E-state index contributed by atoms with van der Waals surface area (Å²) < 4.78 is 11.0. The van der Waals surface area contributed by atoms with Gasteiger partial charge in [0.15, 0.2) is 11.5 Å². The highest BCUT2D eigenvalue weighted by molar-refractivity contribution is 6.32. The van der Waals surface area contributed by atoms with Gasteiger partial charge in [0.2, 0.25) is 0 Å². The van der Waals surface area contributed by atoms with E-state index in [2.05, 4.69) is 6.58 Å². The van der Waals surface area contributed by atoms with Crippen molar-refractivity contribution in [2.75, 3.05) is 20.3 Å². The van der Waals surface area contributed by atoms with Crippen molar-refractivity contribution in [3.63, 3.8) is 0 Å². The number of halogens is 1. The van der Waals surface area contributed by atoms with E-state index in [-0.39, 0.29) is 0 Å². The van der Waals surface area contributed by atoms with Gasteiger partial charge in [0, 0.05) is 0 Å². The smallest absolute Gasteiger partial charge is 0.179 e. The summed E-state index contributed by atoms with van der Waals surface area (Å²) in [6.07, 6.45) is 4.47. The molecule has 1 aromatic carbocycles. The van der Waals surface area contributed by atoms with Gasteiger partial charge in [-0.25, -0.2) is 0 Å². The predicted molar refractivity (Wildman–Crippen MR) is 75.7 cm³/mol. The van der Waals surface area contributed by atoms with Crippen molar-refractivity contribution in [1.29, 1.82) is 0 Å². The molecule has 1 aromatic rings. The molecule has 18 heavy (non-hydrogen) atoms. The lowest BCUT2D eigenvalue weighted by molar-refractivity contribution is 0.290. The summed E-state index contributed by atoms with van der Waals surface area (Å²) >= 11 is 6.20. The van der Waals surface area contributed by atoms with E-state index in [1.54, 1.807) is 7.11 Å². The fourth-order valence-corrected chi connectivity index (χ4v) is 1.91. The molecule has 0 heterocycles. The van der Waals surface area contributed by atoms with Crippen LogP contribution in [0.1, 0.15) is 18.4 Å². The molecule has 0 bridgehead atoms. The van der Waals surface area contributed by atoms with Crippen molar-refractivity contribution in [2.24, 2.45) is 5.73 Å². The second-order valence-electron chi connectivity index (χ2n) is 3.93. The Morgan fingerprint density at radius 1 is 1.44 bits per heavy atom. The Morgan fingerprint density at radius 2 is 2.22 bits per heavy atom. The van der Waals surface area contributed by atoms with Gasteiger partial charge in [-0.2, -0.15) is 0 Å². The van der Waals surface area contributed by atoms with Crippen LogP contribution in [-0.4, -0.2) is 20.3 Å². The maximum absolute atomic E-state index is 6.20. The summed E-state index contributed by atoms with van der Waals surface area (Å²) in [7, 11) is 1.61. The molecule has 0 radical (unpaired) electrons. The number of rotatable bonds is 8. The molecule has 0 fully saturated rings. The highest BCUT2D eigenvalue weighted by atomic mass is 35.5. The van der Waals surface area contributed by atoms with Crippen LogP contribution in [0.25, 0.3) is 0 Å². The zero-order valence-electron chi connectivity index (χ0n) is 10.7. The van der Waals surface area contributed by atoms with Gasteiger partial charge in [0.05, 0.1) is 18.7 Å². The highest BCUT2D eigenvalue weighted by Crippen LogP contribution is 2.36. The van der Waals surface area contributed by atoms with Crippen LogP contribution in [0.4, 0.5) is 0 Å². The quantitative estimate of drug-likeness (QED) is 0.582. The standard InChI is InChI=1S/C14H20ClNO2/c1-3-4-5-8-18-14-12(15)9-11(6-7-16)10-13(14)17-2/h3,9-10H,1,4-8,16H2,2H3. The van der Waals surface area contributed by atoms with E-state index in [1.807, 2.05) is 18.2 Å². The Kier molecular flexibility index (Phi) is 6.61. The molecule has 0 aliphatic rings. The molecule has 0 aromatic heterocycles. The molecule has 0 aliphatic heterocycles. The van der Waals surface area contributed by atoms with Crippen LogP contribution in [0.15, 0.2) is 24.8 Å². The fraction of sp³-hybridized carbons (Fsp3) is 0.429. The number of methoxy groups -OCH3 is 1. The Hall–Kier alpha value is -1.19. The topological polar surface area (TPSA) is 44.5 Å². The summed E-state index contributed by atoms with van der Waals surface area (Å²) in [6.45, 7) is 4.85. The largest absolute Gasteiger partial charge is 0.493 e. The number of benzene rings is 1. The lowest BCUT2D eigenvalue weighted by Crippen LogP contribution is -2.04. The van der Waals surface area contributed by atoms with Crippen molar-refractivity contribution in [1.82, 2.24) is 0 Å². The van der Waals surface area contributed by atoms with E-state index < -0.39 is 0 Å². The van der Waals surface area contributed by atoms with E-state index in [0.717, 1.165) is 24.8 Å². The molecule has 0 amide bonds. The molecule has 100 valence electrons. The molecule has 3 nitrogen and oxygen atoms in total. The number of ether oxygens (including phenoxy) is 2. The van der Waals surface area contributed by atoms with Crippen LogP contribution in [0.2, 0.25) is 5.02 Å². The second kappa shape index (κ2) is 8.01.